The Morgan fingerprint density at radius 1 is 1.11 bits per heavy atom. The van der Waals surface area contributed by atoms with Gasteiger partial charge in [-0.2, -0.15) is 0 Å². The fourth-order valence-electron chi connectivity index (χ4n) is 3.44. The number of carbonyl (C=O) groups excluding carboxylic acids is 1. The molecular formula is C21H28N3O3+. The van der Waals surface area contributed by atoms with Crippen molar-refractivity contribution in [2.75, 3.05) is 51.8 Å². The maximum absolute atomic E-state index is 12.6. The number of piperazine rings is 1. The molecule has 2 aromatic carbocycles. The van der Waals surface area contributed by atoms with Gasteiger partial charge in [0.2, 0.25) is 0 Å². The minimum Gasteiger partial charge on any atom is -0.508 e. The second-order valence-corrected chi connectivity index (χ2v) is 7.05. The number of quaternary nitrogens is 1. The Balaban J connectivity index is 1.48. The van der Waals surface area contributed by atoms with E-state index < -0.39 is 0 Å². The summed E-state index contributed by atoms with van der Waals surface area (Å²) in [5, 5.41) is 9.41. The number of rotatable bonds is 6. The molecule has 0 spiro atoms. The maximum Gasteiger partial charge on any atom is 0.277 e. The van der Waals surface area contributed by atoms with Crippen molar-refractivity contribution in [1.29, 1.82) is 0 Å². The number of phenolic OH excluding ortho intramolecular Hbond substituents is 1. The van der Waals surface area contributed by atoms with E-state index in [2.05, 4.69) is 11.0 Å². The number of carbonyl (C=O) groups is 1. The summed E-state index contributed by atoms with van der Waals surface area (Å²) < 4.78 is 5.26. The molecule has 6 nitrogen and oxygen atoms in total. The molecule has 144 valence electrons. The Bertz CT molecular complexity index is 756. The first-order valence-corrected chi connectivity index (χ1v) is 9.31. The van der Waals surface area contributed by atoms with E-state index >= 15 is 0 Å². The Morgan fingerprint density at radius 3 is 2.48 bits per heavy atom. The van der Waals surface area contributed by atoms with Crippen molar-refractivity contribution in [2.24, 2.45) is 0 Å². The molecule has 1 amide bonds. The lowest BCUT2D eigenvalue weighted by Gasteiger charge is -2.36. The van der Waals surface area contributed by atoms with Crippen LogP contribution < -0.4 is 14.5 Å². The molecule has 1 saturated heterocycles. The van der Waals surface area contributed by atoms with Gasteiger partial charge >= 0.3 is 0 Å². The third-order valence-electron chi connectivity index (χ3n) is 4.94. The molecule has 0 radical (unpaired) electrons. The van der Waals surface area contributed by atoms with E-state index in [0.29, 0.717) is 6.54 Å². The molecule has 0 aromatic heterocycles. The van der Waals surface area contributed by atoms with Crippen LogP contribution in [0.15, 0.2) is 48.5 Å². The molecule has 0 saturated carbocycles. The third-order valence-corrected chi connectivity index (χ3v) is 4.94. The van der Waals surface area contributed by atoms with Crippen LogP contribution in [0.5, 0.6) is 11.5 Å². The number of likely N-dealkylation sites (N-methyl/N-ethyl adjacent to an activating group) is 1. The number of hydrogen-bond donors (Lipinski definition) is 2. The van der Waals surface area contributed by atoms with Crippen LogP contribution in [-0.4, -0.2) is 62.8 Å². The molecule has 1 fully saturated rings. The van der Waals surface area contributed by atoms with Gasteiger partial charge in [-0.25, -0.2) is 0 Å². The summed E-state index contributed by atoms with van der Waals surface area (Å²) in [6, 6.07) is 15.2. The smallest absolute Gasteiger partial charge is 0.277 e. The quantitative estimate of drug-likeness (QED) is 0.789. The zero-order chi connectivity index (χ0) is 19.2. The van der Waals surface area contributed by atoms with E-state index in [1.165, 1.54) is 0 Å². The van der Waals surface area contributed by atoms with Crippen LogP contribution in [0.3, 0.4) is 0 Å². The van der Waals surface area contributed by atoms with E-state index in [1.54, 1.807) is 19.2 Å². The number of benzene rings is 2. The largest absolute Gasteiger partial charge is 0.508 e. The monoisotopic (exact) mass is 370 g/mol. The van der Waals surface area contributed by atoms with Crippen molar-refractivity contribution in [1.82, 2.24) is 4.90 Å². The minimum atomic E-state index is 0.195. The summed E-state index contributed by atoms with van der Waals surface area (Å²) in [4.78, 5) is 18.0. The summed E-state index contributed by atoms with van der Waals surface area (Å²) in [6.45, 7) is 4.35. The van der Waals surface area contributed by atoms with E-state index in [9.17, 15) is 9.90 Å². The molecule has 1 aliphatic rings. The number of aromatic hydroxyl groups is 1. The Morgan fingerprint density at radius 2 is 1.81 bits per heavy atom. The second-order valence-electron chi connectivity index (χ2n) is 7.05. The lowest BCUT2D eigenvalue weighted by atomic mass is 10.2. The molecule has 6 heteroatoms. The van der Waals surface area contributed by atoms with Gasteiger partial charge in [-0.1, -0.05) is 12.1 Å². The number of nitrogens with one attached hydrogen (secondary N) is 1. The fourth-order valence-corrected chi connectivity index (χ4v) is 3.44. The number of methoxy groups -OCH3 is 1. The third kappa shape index (κ3) is 5.14. The van der Waals surface area contributed by atoms with Crippen molar-refractivity contribution >= 4 is 11.6 Å². The van der Waals surface area contributed by atoms with E-state index in [4.69, 9.17) is 4.74 Å². The van der Waals surface area contributed by atoms with Crippen LogP contribution in [0.2, 0.25) is 0 Å². The average Bonchev–Trinajstić information content (AvgIpc) is 2.68. The van der Waals surface area contributed by atoms with Gasteiger partial charge in [0.1, 0.15) is 18.0 Å². The highest BCUT2D eigenvalue weighted by atomic mass is 16.5. The topological polar surface area (TPSA) is 57.5 Å². The standard InChI is InChI=1S/C21H27N3O3/c1-22(15-17-4-3-5-20(14-17)27-2)16-21(26)24-12-10-23(11-13-24)18-6-8-19(25)9-7-18/h3-9,14,25H,10-13,15-16H2,1-2H3/p+1. The molecule has 2 aromatic rings. The molecule has 1 unspecified atom stereocenters. The van der Waals surface area contributed by atoms with Crippen LogP contribution in [-0.2, 0) is 11.3 Å². The fraction of sp³-hybridized carbons (Fsp3) is 0.381. The summed E-state index contributed by atoms with van der Waals surface area (Å²) in [5.41, 5.74) is 2.25. The number of amides is 1. The summed E-state index contributed by atoms with van der Waals surface area (Å²) in [5.74, 6) is 1.31. The highest BCUT2D eigenvalue weighted by Crippen LogP contribution is 2.19. The first-order chi connectivity index (χ1) is 13.0. The number of nitrogens with zero attached hydrogens (tertiary/aromatic N) is 2. The lowest BCUT2D eigenvalue weighted by molar-refractivity contribution is -0.885. The van der Waals surface area contributed by atoms with E-state index in [1.807, 2.05) is 42.3 Å². The zero-order valence-corrected chi connectivity index (χ0v) is 16.0. The van der Waals surface area contributed by atoms with Crippen LogP contribution in [0.1, 0.15) is 5.56 Å². The van der Waals surface area contributed by atoms with E-state index in [-0.39, 0.29) is 11.7 Å². The van der Waals surface area contributed by atoms with Gasteiger partial charge in [-0.15, -0.1) is 0 Å². The van der Waals surface area contributed by atoms with Gasteiger partial charge in [0, 0.05) is 37.4 Å². The van der Waals surface area contributed by atoms with Gasteiger partial charge in [0.05, 0.1) is 14.2 Å². The second kappa shape index (κ2) is 8.77. The number of anilines is 1. The van der Waals surface area contributed by atoms with Crippen molar-refractivity contribution < 1.29 is 19.5 Å². The van der Waals surface area contributed by atoms with Gasteiger partial charge in [-0.05, 0) is 36.4 Å². The predicted molar refractivity (Wildman–Crippen MR) is 105 cm³/mol. The van der Waals surface area contributed by atoms with Crippen LogP contribution in [0, 0.1) is 0 Å². The van der Waals surface area contributed by atoms with Crippen LogP contribution in [0.4, 0.5) is 5.69 Å². The van der Waals surface area contributed by atoms with Crippen molar-refractivity contribution in [3.8, 4) is 11.5 Å². The van der Waals surface area contributed by atoms with Crippen LogP contribution in [0.25, 0.3) is 0 Å². The first kappa shape index (κ1) is 19.0. The number of phenols is 1. The SMILES string of the molecule is COc1cccc(C[NH+](C)CC(=O)N2CCN(c3ccc(O)cc3)CC2)c1. The normalized spacial score (nSPS) is 15.5. The van der Waals surface area contributed by atoms with E-state index in [0.717, 1.165) is 54.6 Å². The molecule has 2 N–H and O–H groups in total. The Hall–Kier alpha value is -2.73. The minimum absolute atomic E-state index is 0.195. The molecule has 0 bridgehead atoms. The average molecular weight is 370 g/mol. The first-order valence-electron chi connectivity index (χ1n) is 9.31. The van der Waals surface area contributed by atoms with Gasteiger partial charge < -0.3 is 24.5 Å². The van der Waals surface area contributed by atoms with Crippen molar-refractivity contribution in [2.45, 2.75) is 6.54 Å². The summed E-state index contributed by atoms with van der Waals surface area (Å²) >= 11 is 0. The summed E-state index contributed by atoms with van der Waals surface area (Å²) in [6.07, 6.45) is 0. The van der Waals surface area contributed by atoms with Gasteiger partial charge in [-0.3, -0.25) is 4.79 Å². The molecule has 1 atom stereocenters. The molecule has 3 rings (SSSR count). The van der Waals surface area contributed by atoms with Crippen molar-refractivity contribution in [3.05, 3.63) is 54.1 Å². The predicted octanol–water partition coefficient (Wildman–Crippen LogP) is 0.764. The Labute approximate surface area is 160 Å². The van der Waals surface area contributed by atoms with Gasteiger partial charge in [0.25, 0.3) is 5.91 Å². The zero-order valence-electron chi connectivity index (χ0n) is 16.0. The summed E-state index contributed by atoms with van der Waals surface area (Å²) in [7, 11) is 3.71. The molecular weight excluding hydrogens is 342 g/mol. The lowest BCUT2D eigenvalue weighted by Crippen LogP contribution is -3.09. The number of hydrogen-bond acceptors (Lipinski definition) is 4. The Kier molecular flexibility index (Phi) is 6.19. The highest BCUT2D eigenvalue weighted by Gasteiger charge is 2.23. The highest BCUT2D eigenvalue weighted by molar-refractivity contribution is 5.77. The van der Waals surface area contributed by atoms with Crippen molar-refractivity contribution in [3.63, 3.8) is 0 Å². The molecule has 1 heterocycles. The molecule has 0 aliphatic carbocycles. The maximum atomic E-state index is 12.6. The molecule has 1 aliphatic heterocycles. The molecule has 27 heavy (non-hydrogen) atoms. The van der Waals surface area contributed by atoms with Gasteiger partial charge in [0.15, 0.2) is 6.54 Å². The number of ether oxygens (including phenoxy) is 1. The van der Waals surface area contributed by atoms with Crippen LogP contribution >= 0.6 is 0 Å².